The van der Waals surface area contributed by atoms with Gasteiger partial charge >= 0.3 is 0 Å². The second-order valence-electron chi connectivity index (χ2n) is 6.06. The number of nitrogens with zero attached hydrogens (tertiary/aromatic N) is 1. The first-order valence-corrected chi connectivity index (χ1v) is 7.30. The van der Waals surface area contributed by atoms with E-state index in [4.69, 9.17) is 0 Å². The van der Waals surface area contributed by atoms with E-state index in [2.05, 4.69) is 10.6 Å². The van der Waals surface area contributed by atoms with Crippen molar-refractivity contribution in [3.63, 3.8) is 0 Å². The van der Waals surface area contributed by atoms with E-state index < -0.39 is 4.92 Å². The molecule has 0 aromatic heterocycles. The normalized spacial score (nSPS) is 18.9. The fourth-order valence-electron chi connectivity index (χ4n) is 2.97. The van der Waals surface area contributed by atoms with Gasteiger partial charge in [0.1, 0.15) is 5.56 Å². The Balaban J connectivity index is 1.75. The number of carbonyl (C=O) groups excluding carboxylic acids is 1. The first-order chi connectivity index (χ1) is 10.1. The lowest BCUT2D eigenvalue weighted by Gasteiger charge is -2.15. The number of nitro benzene ring substituents is 1. The van der Waals surface area contributed by atoms with Crippen LogP contribution in [0.5, 0.6) is 0 Å². The number of carbonyl (C=O) groups is 1. The zero-order chi connectivity index (χ0) is 15.0. The lowest BCUT2D eigenvalue weighted by molar-refractivity contribution is -0.385. The SMILES string of the molecule is CNc1ccc([N+](=O)[O-])c(C(=O)NCC2(C3CC3)CC2)c1. The van der Waals surface area contributed by atoms with Gasteiger partial charge in [0, 0.05) is 25.3 Å². The van der Waals surface area contributed by atoms with Crippen molar-refractivity contribution >= 4 is 17.3 Å². The van der Waals surface area contributed by atoms with E-state index in [1.165, 1.54) is 25.0 Å². The molecule has 112 valence electrons. The third kappa shape index (κ3) is 2.70. The van der Waals surface area contributed by atoms with Crippen LogP contribution < -0.4 is 10.6 Å². The second kappa shape index (κ2) is 5.02. The molecule has 2 aliphatic rings. The van der Waals surface area contributed by atoms with Crippen molar-refractivity contribution in [1.82, 2.24) is 5.32 Å². The Hall–Kier alpha value is -2.11. The van der Waals surface area contributed by atoms with Gasteiger partial charge in [0.25, 0.3) is 11.6 Å². The maximum atomic E-state index is 12.3. The molecular weight excluding hydrogens is 270 g/mol. The third-order valence-electron chi connectivity index (χ3n) is 4.66. The van der Waals surface area contributed by atoms with E-state index in [1.54, 1.807) is 13.1 Å². The first kappa shape index (κ1) is 13.9. The van der Waals surface area contributed by atoms with Gasteiger partial charge < -0.3 is 10.6 Å². The van der Waals surface area contributed by atoms with Crippen molar-refractivity contribution in [3.05, 3.63) is 33.9 Å². The summed E-state index contributed by atoms with van der Waals surface area (Å²) in [5, 5.41) is 16.9. The van der Waals surface area contributed by atoms with Crippen LogP contribution >= 0.6 is 0 Å². The van der Waals surface area contributed by atoms with E-state index in [0.29, 0.717) is 12.2 Å². The molecule has 6 heteroatoms. The zero-order valence-corrected chi connectivity index (χ0v) is 12.0. The number of rotatable bonds is 6. The predicted molar refractivity (Wildman–Crippen MR) is 79.4 cm³/mol. The van der Waals surface area contributed by atoms with Crippen LogP contribution in [0.1, 0.15) is 36.0 Å². The highest BCUT2D eigenvalue weighted by Crippen LogP contribution is 2.60. The number of amides is 1. The van der Waals surface area contributed by atoms with Crippen molar-refractivity contribution in [2.45, 2.75) is 25.7 Å². The highest BCUT2D eigenvalue weighted by molar-refractivity contribution is 5.99. The fourth-order valence-corrected chi connectivity index (χ4v) is 2.97. The monoisotopic (exact) mass is 289 g/mol. The standard InChI is InChI=1S/C15H19N3O3/c1-16-11-4-5-13(18(20)21)12(8-11)14(19)17-9-15(6-7-15)10-2-3-10/h4-5,8,10,16H,2-3,6-7,9H2,1H3,(H,17,19). The molecule has 0 heterocycles. The van der Waals surface area contributed by atoms with E-state index in [1.807, 2.05) is 0 Å². The molecule has 0 spiro atoms. The lowest BCUT2D eigenvalue weighted by atomic mass is 10.0. The van der Waals surface area contributed by atoms with Crippen molar-refractivity contribution in [2.75, 3.05) is 18.9 Å². The number of hydrogen-bond acceptors (Lipinski definition) is 4. The summed E-state index contributed by atoms with van der Waals surface area (Å²) in [5.41, 5.74) is 0.945. The Labute approximate surface area is 123 Å². The highest BCUT2D eigenvalue weighted by Gasteiger charge is 2.53. The lowest BCUT2D eigenvalue weighted by Crippen LogP contribution is -2.31. The molecule has 2 aliphatic carbocycles. The Morgan fingerprint density at radius 3 is 2.67 bits per heavy atom. The Kier molecular flexibility index (Phi) is 3.31. The minimum Gasteiger partial charge on any atom is -0.388 e. The van der Waals surface area contributed by atoms with E-state index >= 15 is 0 Å². The molecule has 0 bridgehead atoms. The predicted octanol–water partition coefficient (Wildman–Crippen LogP) is 2.56. The first-order valence-electron chi connectivity index (χ1n) is 7.30. The largest absolute Gasteiger partial charge is 0.388 e. The molecule has 6 nitrogen and oxygen atoms in total. The number of hydrogen-bond donors (Lipinski definition) is 2. The highest BCUT2D eigenvalue weighted by atomic mass is 16.6. The van der Waals surface area contributed by atoms with Gasteiger partial charge in [0.15, 0.2) is 0 Å². The van der Waals surface area contributed by atoms with E-state index in [9.17, 15) is 14.9 Å². The van der Waals surface area contributed by atoms with Crippen LogP contribution in [0.3, 0.4) is 0 Å². The zero-order valence-electron chi connectivity index (χ0n) is 12.0. The van der Waals surface area contributed by atoms with Crippen LogP contribution in [0.2, 0.25) is 0 Å². The molecule has 2 saturated carbocycles. The molecule has 3 rings (SSSR count). The molecule has 0 unspecified atom stereocenters. The fraction of sp³-hybridized carbons (Fsp3) is 0.533. The van der Waals surface area contributed by atoms with Crippen molar-refractivity contribution in [3.8, 4) is 0 Å². The summed E-state index contributed by atoms with van der Waals surface area (Å²) < 4.78 is 0. The van der Waals surface area contributed by atoms with Crippen LogP contribution in [0.15, 0.2) is 18.2 Å². The minimum atomic E-state index is -0.512. The Morgan fingerprint density at radius 2 is 2.14 bits per heavy atom. The molecule has 0 radical (unpaired) electrons. The average Bonchev–Trinajstić information content (AvgIpc) is 3.36. The summed E-state index contributed by atoms with van der Waals surface area (Å²) in [6.45, 7) is 0.636. The maximum Gasteiger partial charge on any atom is 0.282 e. The minimum absolute atomic E-state index is 0.124. The van der Waals surface area contributed by atoms with Gasteiger partial charge in [-0.1, -0.05) is 0 Å². The van der Waals surface area contributed by atoms with Crippen LogP contribution in [0.25, 0.3) is 0 Å². The van der Waals surface area contributed by atoms with Crippen molar-refractivity contribution in [2.24, 2.45) is 11.3 Å². The number of benzene rings is 1. The van der Waals surface area contributed by atoms with Gasteiger partial charge in [-0.15, -0.1) is 0 Å². The molecule has 1 amide bonds. The Bertz CT molecular complexity index is 592. The number of nitro groups is 1. The van der Waals surface area contributed by atoms with E-state index in [0.717, 1.165) is 18.8 Å². The topological polar surface area (TPSA) is 84.3 Å². The molecule has 2 N–H and O–H groups in total. The van der Waals surface area contributed by atoms with Gasteiger partial charge in [-0.3, -0.25) is 14.9 Å². The summed E-state index contributed by atoms with van der Waals surface area (Å²) in [6.07, 6.45) is 4.84. The molecule has 21 heavy (non-hydrogen) atoms. The van der Waals surface area contributed by atoms with Gasteiger partial charge in [-0.2, -0.15) is 0 Å². The quantitative estimate of drug-likeness (QED) is 0.622. The molecular formula is C15H19N3O3. The van der Waals surface area contributed by atoms with Crippen LogP contribution in [-0.4, -0.2) is 24.4 Å². The average molecular weight is 289 g/mol. The van der Waals surface area contributed by atoms with Gasteiger partial charge in [0.05, 0.1) is 4.92 Å². The Morgan fingerprint density at radius 1 is 1.43 bits per heavy atom. The molecule has 0 saturated heterocycles. The molecule has 1 aromatic rings. The smallest absolute Gasteiger partial charge is 0.282 e. The van der Waals surface area contributed by atoms with Gasteiger partial charge in [-0.05, 0) is 49.1 Å². The third-order valence-corrected chi connectivity index (χ3v) is 4.66. The summed E-state index contributed by atoms with van der Waals surface area (Å²) in [6, 6.07) is 4.50. The summed E-state index contributed by atoms with van der Waals surface area (Å²) in [5.74, 6) is 0.391. The van der Waals surface area contributed by atoms with Crippen molar-refractivity contribution < 1.29 is 9.72 Å². The molecule has 1 aromatic carbocycles. The van der Waals surface area contributed by atoms with E-state index in [-0.39, 0.29) is 22.6 Å². The second-order valence-corrected chi connectivity index (χ2v) is 6.06. The molecule has 0 aliphatic heterocycles. The van der Waals surface area contributed by atoms with Crippen LogP contribution in [0, 0.1) is 21.4 Å². The maximum absolute atomic E-state index is 12.3. The van der Waals surface area contributed by atoms with Crippen LogP contribution in [-0.2, 0) is 0 Å². The summed E-state index contributed by atoms with van der Waals surface area (Å²) >= 11 is 0. The summed E-state index contributed by atoms with van der Waals surface area (Å²) in [4.78, 5) is 22.9. The number of anilines is 1. The van der Waals surface area contributed by atoms with Gasteiger partial charge in [-0.25, -0.2) is 0 Å². The molecule has 2 fully saturated rings. The van der Waals surface area contributed by atoms with Crippen molar-refractivity contribution in [1.29, 1.82) is 0 Å². The number of nitrogens with one attached hydrogen (secondary N) is 2. The molecule has 0 atom stereocenters. The van der Waals surface area contributed by atoms with Crippen LogP contribution in [0.4, 0.5) is 11.4 Å². The van der Waals surface area contributed by atoms with Gasteiger partial charge in [0.2, 0.25) is 0 Å². The summed E-state index contributed by atoms with van der Waals surface area (Å²) in [7, 11) is 1.72.